The zero-order valence-electron chi connectivity index (χ0n) is 13.6. The number of nitrogens with zero attached hydrogens (tertiary/aromatic N) is 3. The number of aromatic nitrogens is 1. The molecule has 0 amide bonds. The molecule has 0 saturated carbocycles. The third kappa shape index (κ3) is 2.59. The Morgan fingerprint density at radius 3 is 2.30 bits per heavy atom. The molecule has 5 nitrogen and oxygen atoms in total. The molecule has 4 heterocycles. The molecule has 23 heavy (non-hydrogen) atoms. The maximum absolute atomic E-state index is 13.1. The van der Waals surface area contributed by atoms with Gasteiger partial charge in [-0.05, 0) is 48.6 Å². The third-order valence-electron chi connectivity index (χ3n) is 5.45. The van der Waals surface area contributed by atoms with Gasteiger partial charge in [0, 0.05) is 35.9 Å². The molecule has 3 fully saturated rings. The first-order valence-corrected chi connectivity index (χ1v) is 9.21. The second-order valence-electron chi connectivity index (χ2n) is 7.74. The SMILES string of the molecule is CC12CN(c3ccc(I)cn3)CC(C)(CN(C3COC3)C1)C2=O. The van der Waals surface area contributed by atoms with Crippen LogP contribution in [0.4, 0.5) is 5.82 Å². The van der Waals surface area contributed by atoms with Crippen LogP contribution >= 0.6 is 22.6 Å². The highest BCUT2D eigenvalue weighted by molar-refractivity contribution is 14.1. The van der Waals surface area contributed by atoms with Gasteiger partial charge in [0.2, 0.25) is 0 Å². The lowest BCUT2D eigenvalue weighted by molar-refractivity contribution is -0.158. The number of carbonyl (C=O) groups excluding carboxylic acids is 1. The summed E-state index contributed by atoms with van der Waals surface area (Å²) in [5.74, 6) is 1.40. The third-order valence-corrected chi connectivity index (χ3v) is 6.09. The fourth-order valence-corrected chi connectivity index (χ4v) is 4.69. The van der Waals surface area contributed by atoms with Crippen molar-refractivity contribution in [1.29, 1.82) is 0 Å². The number of pyridine rings is 1. The van der Waals surface area contributed by atoms with E-state index in [2.05, 4.69) is 63.4 Å². The van der Waals surface area contributed by atoms with Crippen molar-refractivity contribution in [3.8, 4) is 0 Å². The molecule has 124 valence electrons. The van der Waals surface area contributed by atoms with Gasteiger partial charge in [-0.25, -0.2) is 4.98 Å². The molecular weight excluding hydrogens is 405 g/mol. The van der Waals surface area contributed by atoms with E-state index in [0.29, 0.717) is 11.8 Å². The minimum absolute atomic E-state index is 0.328. The lowest BCUT2D eigenvalue weighted by atomic mass is 9.64. The largest absolute Gasteiger partial charge is 0.378 e. The maximum atomic E-state index is 13.1. The van der Waals surface area contributed by atoms with E-state index in [1.54, 1.807) is 0 Å². The molecule has 2 atom stereocenters. The lowest BCUT2D eigenvalue weighted by Gasteiger charge is -2.57. The molecule has 4 rings (SSSR count). The van der Waals surface area contributed by atoms with Crippen molar-refractivity contribution in [2.45, 2.75) is 19.9 Å². The van der Waals surface area contributed by atoms with Crippen molar-refractivity contribution in [3.05, 3.63) is 21.9 Å². The van der Waals surface area contributed by atoms with Crippen molar-refractivity contribution < 1.29 is 9.53 Å². The quantitative estimate of drug-likeness (QED) is 0.674. The molecule has 0 aliphatic carbocycles. The molecule has 6 heteroatoms. The summed E-state index contributed by atoms with van der Waals surface area (Å²) in [6.07, 6.45) is 1.89. The zero-order chi connectivity index (χ0) is 16.2. The summed E-state index contributed by atoms with van der Waals surface area (Å²) in [5.41, 5.74) is -0.656. The molecule has 0 spiro atoms. The van der Waals surface area contributed by atoms with Crippen LogP contribution in [0, 0.1) is 14.4 Å². The Labute approximate surface area is 150 Å². The van der Waals surface area contributed by atoms with Gasteiger partial charge < -0.3 is 9.64 Å². The highest BCUT2D eigenvalue weighted by atomic mass is 127. The van der Waals surface area contributed by atoms with E-state index in [1.807, 2.05) is 6.20 Å². The fourth-order valence-electron chi connectivity index (χ4n) is 4.38. The van der Waals surface area contributed by atoms with Crippen LogP contribution in [0.25, 0.3) is 0 Å². The van der Waals surface area contributed by atoms with Crippen molar-refractivity contribution in [2.75, 3.05) is 44.3 Å². The van der Waals surface area contributed by atoms with Gasteiger partial charge in [0.1, 0.15) is 5.82 Å². The summed E-state index contributed by atoms with van der Waals surface area (Å²) < 4.78 is 6.49. The zero-order valence-corrected chi connectivity index (χ0v) is 15.7. The number of hydrogen-bond acceptors (Lipinski definition) is 5. The van der Waals surface area contributed by atoms with Crippen LogP contribution in [0.5, 0.6) is 0 Å². The highest BCUT2D eigenvalue weighted by Gasteiger charge is 2.57. The summed E-state index contributed by atoms with van der Waals surface area (Å²) in [6, 6.07) is 4.64. The second kappa shape index (κ2) is 5.39. The maximum Gasteiger partial charge on any atom is 0.150 e. The number of piperidine rings is 2. The summed E-state index contributed by atoms with van der Waals surface area (Å²) in [6.45, 7) is 9.02. The van der Waals surface area contributed by atoms with Crippen LogP contribution in [0.3, 0.4) is 0 Å². The molecule has 2 bridgehead atoms. The summed E-state index contributed by atoms with van der Waals surface area (Å²) in [7, 11) is 0. The van der Waals surface area contributed by atoms with Gasteiger partial charge in [0.05, 0.1) is 30.1 Å². The van der Waals surface area contributed by atoms with E-state index in [9.17, 15) is 4.79 Å². The van der Waals surface area contributed by atoms with Crippen LogP contribution in [-0.2, 0) is 9.53 Å². The van der Waals surface area contributed by atoms with E-state index in [1.165, 1.54) is 0 Å². The Morgan fingerprint density at radius 1 is 1.17 bits per heavy atom. The Balaban J connectivity index is 1.63. The topological polar surface area (TPSA) is 45.7 Å². The number of ketones is 1. The first kappa shape index (κ1) is 15.8. The number of likely N-dealkylation sites (tertiary alicyclic amines) is 1. The smallest absolute Gasteiger partial charge is 0.150 e. The Morgan fingerprint density at radius 2 is 1.83 bits per heavy atom. The van der Waals surface area contributed by atoms with Gasteiger partial charge in [-0.15, -0.1) is 0 Å². The number of Topliss-reactive ketones (excluding diaryl/α,β-unsaturated/α-hetero) is 1. The van der Waals surface area contributed by atoms with Gasteiger partial charge >= 0.3 is 0 Å². The normalized spacial score (nSPS) is 35.3. The number of fused-ring (bicyclic) bond motifs is 2. The number of halogens is 1. The minimum Gasteiger partial charge on any atom is -0.378 e. The molecule has 1 aromatic heterocycles. The number of hydrogen-bond donors (Lipinski definition) is 0. The van der Waals surface area contributed by atoms with E-state index in [-0.39, 0.29) is 10.8 Å². The van der Waals surface area contributed by atoms with Crippen LogP contribution < -0.4 is 4.90 Å². The number of carbonyl (C=O) groups is 1. The molecular formula is C17H22IN3O2. The standard InChI is InChI=1S/C17H22IN3O2/c1-16-8-20(13-6-23-7-13)9-17(2,15(16)22)11-21(10-16)14-4-3-12(18)5-19-14/h3-5,13H,6-11H2,1-2H3. The number of rotatable bonds is 2. The van der Waals surface area contributed by atoms with Crippen LogP contribution in [-0.4, -0.2) is 61.1 Å². The van der Waals surface area contributed by atoms with E-state index >= 15 is 0 Å². The molecule has 0 N–H and O–H groups in total. The Bertz CT molecular complexity index is 609. The van der Waals surface area contributed by atoms with E-state index in [0.717, 1.165) is 48.8 Å². The highest BCUT2D eigenvalue weighted by Crippen LogP contribution is 2.44. The summed E-state index contributed by atoms with van der Waals surface area (Å²) >= 11 is 2.27. The molecule has 3 aliphatic rings. The molecule has 3 aliphatic heterocycles. The predicted molar refractivity (Wildman–Crippen MR) is 96.6 cm³/mol. The average molecular weight is 427 g/mol. The van der Waals surface area contributed by atoms with E-state index in [4.69, 9.17) is 4.74 Å². The van der Waals surface area contributed by atoms with Crippen molar-refractivity contribution in [1.82, 2.24) is 9.88 Å². The summed E-state index contributed by atoms with van der Waals surface area (Å²) in [4.78, 5) is 22.4. The first-order chi connectivity index (χ1) is 10.9. The molecule has 1 aromatic rings. The van der Waals surface area contributed by atoms with Crippen molar-refractivity contribution in [2.24, 2.45) is 10.8 Å². The molecule has 2 unspecified atom stereocenters. The average Bonchev–Trinajstić information content (AvgIpc) is 2.41. The van der Waals surface area contributed by atoms with Gasteiger partial charge in [-0.3, -0.25) is 9.69 Å². The number of ether oxygens (including phenoxy) is 1. The Kier molecular flexibility index (Phi) is 3.70. The fraction of sp³-hybridized carbons (Fsp3) is 0.647. The van der Waals surface area contributed by atoms with Crippen LogP contribution in [0.1, 0.15) is 13.8 Å². The molecule has 3 saturated heterocycles. The second-order valence-corrected chi connectivity index (χ2v) is 8.98. The van der Waals surface area contributed by atoms with Gasteiger partial charge in [0.25, 0.3) is 0 Å². The van der Waals surface area contributed by atoms with Crippen molar-refractivity contribution in [3.63, 3.8) is 0 Å². The predicted octanol–water partition coefficient (Wildman–Crippen LogP) is 1.80. The van der Waals surface area contributed by atoms with Crippen LogP contribution in [0.15, 0.2) is 18.3 Å². The van der Waals surface area contributed by atoms with Gasteiger partial charge in [0.15, 0.2) is 5.78 Å². The van der Waals surface area contributed by atoms with E-state index < -0.39 is 0 Å². The molecule has 0 radical (unpaired) electrons. The van der Waals surface area contributed by atoms with Crippen molar-refractivity contribution >= 4 is 34.2 Å². The number of anilines is 1. The van der Waals surface area contributed by atoms with Gasteiger partial charge in [-0.2, -0.15) is 0 Å². The monoisotopic (exact) mass is 427 g/mol. The Hall–Kier alpha value is -0.730. The minimum atomic E-state index is -0.328. The lowest BCUT2D eigenvalue weighted by Crippen LogP contribution is -2.71. The van der Waals surface area contributed by atoms with Crippen LogP contribution in [0.2, 0.25) is 0 Å². The first-order valence-electron chi connectivity index (χ1n) is 8.13. The molecule has 0 aromatic carbocycles. The van der Waals surface area contributed by atoms with Gasteiger partial charge in [-0.1, -0.05) is 0 Å². The summed E-state index contributed by atoms with van der Waals surface area (Å²) in [5, 5.41) is 0.